The molecular weight excluding hydrogens is 890 g/mol. The third-order valence-electron chi connectivity index (χ3n) is 11.5. The second-order valence-corrected chi connectivity index (χ2v) is 16.2. The van der Waals surface area contributed by atoms with Gasteiger partial charge in [0.1, 0.15) is 122 Å². The van der Waals surface area contributed by atoms with E-state index in [1.807, 2.05) is 0 Å². The van der Waals surface area contributed by atoms with Crippen LogP contribution < -0.4 is 16.0 Å². The fourth-order valence-electron chi connectivity index (χ4n) is 8.25. The molecule has 29 heteroatoms. The van der Waals surface area contributed by atoms with Gasteiger partial charge in [-0.2, -0.15) is 0 Å². The second kappa shape index (κ2) is 23.2. The average molecular weight is 952 g/mol. The largest absolute Gasteiger partial charge is 0.394 e. The third kappa shape index (κ3) is 11.9. The van der Waals surface area contributed by atoms with Gasteiger partial charge >= 0.3 is 0 Å². The van der Waals surface area contributed by atoms with Crippen molar-refractivity contribution in [2.75, 3.05) is 33.0 Å². The summed E-state index contributed by atoms with van der Waals surface area (Å²) in [7, 11) is 0. The van der Waals surface area contributed by atoms with Gasteiger partial charge in [-0.15, -0.1) is 0 Å². The van der Waals surface area contributed by atoms with Crippen molar-refractivity contribution < 1.29 is 129 Å². The minimum Gasteiger partial charge on any atom is -0.394 e. The number of rotatable bonds is 16. The van der Waals surface area contributed by atoms with Crippen LogP contribution in [0.3, 0.4) is 0 Å². The van der Waals surface area contributed by atoms with E-state index in [-0.39, 0.29) is 0 Å². The third-order valence-corrected chi connectivity index (χ3v) is 11.5. The van der Waals surface area contributed by atoms with Gasteiger partial charge in [-0.25, -0.2) is 0 Å². The monoisotopic (exact) mass is 951 g/mol. The van der Waals surface area contributed by atoms with Crippen LogP contribution in [0.25, 0.3) is 0 Å². The maximum absolute atomic E-state index is 12.4. The summed E-state index contributed by atoms with van der Waals surface area (Å²) >= 11 is 0. The Bertz CT molecular complexity index is 1560. The molecule has 5 rings (SSSR count). The maximum Gasteiger partial charge on any atom is 0.217 e. The van der Waals surface area contributed by atoms with Crippen molar-refractivity contribution in [1.29, 1.82) is 0 Å². The highest BCUT2D eigenvalue weighted by atomic mass is 16.8. The molecule has 5 saturated heterocycles. The summed E-state index contributed by atoms with van der Waals surface area (Å²) < 4.78 is 51.2. The van der Waals surface area contributed by atoms with E-state index in [9.17, 15) is 85.9 Å². The average Bonchev–Trinajstić information content (AvgIpc) is 3.26. The first-order valence-electron chi connectivity index (χ1n) is 20.6. The number of amides is 3. The molecule has 0 bridgehead atoms. The molecule has 5 fully saturated rings. The van der Waals surface area contributed by atoms with Crippen LogP contribution in [-0.4, -0.2) is 276 Å². The molecule has 5 heterocycles. The number of carbonyl (C=O) groups excluding carboxylic acids is 3. The Morgan fingerprint density at radius 1 is 0.369 bits per heavy atom. The molecule has 0 unspecified atom stereocenters. The number of ether oxygens (including phenoxy) is 9. The molecule has 5 aliphatic rings. The molecule has 0 aromatic carbocycles. The van der Waals surface area contributed by atoms with E-state index in [0.717, 1.165) is 20.8 Å². The highest BCUT2D eigenvalue weighted by Crippen LogP contribution is 2.36. The van der Waals surface area contributed by atoms with E-state index >= 15 is 0 Å². The first-order valence-corrected chi connectivity index (χ1v) is 20.6. The molecule has 0 radical (unpaired) electrons. The number of aliphatic hydroxyl groups is 14. The van der Waals surface area contributed by atoms with Gasteiger partial charge in [-0.1, -0.05) is 0 Å². The zero-order chi connectivity index (χ0) is 48.2. The lowest BCUT2D eigenvalue weighted by Gasteiger charge is -2.50. The first-order chi connectivity index (χ1) is 30.7. The lowest BCUT2D eigenvalue weighted by Crippen LogP contribution is -2.70. The maximum atomic E-state index is 12.4. The summed E-state index contributed by atoms with van der Waals surface area (Å²) in [6.45, 7) is -1.41. The van der Waals surface area contributed by atoms with Gasteiger partial charge in [-0.05, 0) is 0 Å². The van der Waals surface area contributed by atoms with Gasteiger partial charge in [0, 0.05) is 20.8 Å². The minimum atomic E-state index is -2.16. The lowest BCUT2D eigenvalue weighted by atomic mass is 9.94. The molecule has 25 atom stereocenters. The number of hydrogen-bond donors (Lipinski definition) is 17. The number of carbonyl (C=O) groups is 3. The molecular formula is C36H61N3O26. The van der Waals surface area contributed by atoms with E-state index < -0.39 is 204 Å². The zero-order valence-electron chi connectivity index (χ0n) is 35.1. The zero-order valence-corrected chi connectivity index (χ0v) is 35.1. The smallest absolute Gasteiger partial charge is 0.217 e. The fourth-order valence-corrected chi connectivity index (χ4v) is 8.25. The van der Waals surface area contributed by atoms with Crippen LogP contribution in [0.1, 0.15) is 20.8 Å². The van der Waals surface area contributed by atoms with E-state index in [1.54, 1.807) is 0 Å². The van der Waals surface area contributed by atoms with Crippen molar-refractivity contribution >= 4 is 17.7 Å². The summed E-state index contributed by atoms with van der Waals surface area (Å²) in [5.74, 6) is -2.18. The van der Waals surface area contributed by atoms with Crippen LogP contribution in [0.2, 0.25) is 0 Å². The molecule has 17 N–H and O–H groups in total. The molecule has 65 heavy (non-hydrogen) atoms. The molecule has 29 nitrogen and oxygen atoms in total. The SMILES string of the molecule is CC(=O)N[C@@H]1[C@@H](O)[C@H](O[C@@H]2O[C@H](CO)[C@@H](O[C@@H]3O[C@H](CO)[C@@H](O)[C@H](O[C@H]4O[C@H](CO)[C@@H](O[C@@H]5O[C@H](CO)[C@@H](O)[C@H](O)[C@H]5NC(C)=O)[C@H](O)[C@@H]4O)[C@@H]3O)[C@H](O)[C@H]2NC(C)=O)[C@@H](CO)O[C@H]1O. The van der Waals surface area contributed by atoms with Crippen LogP contribution >= 0.6 is 0 Å². The Morgan fingerprint density at radius 2 is 0.708 bits per heavy atom. The predicted molar refractivity (Wildman–Crippen MR) is 201 cm³/mol. The van der Waals surface area contributed by atoms with Gasteiger partial charge in [0.15, 0.2) is 31.5 Å². The Hall–Kier alpha value is -2.51. The minimum absolute atomic E-state index is 0.686. The van der Waals surface area contributed by atoms with Crippen molar-refractivity contribution in [2.24, 2.45) is 0 Å². The molecule has 5 aliphatic heterocycles. The normalized spacial score (nSPS) is 47.1. The van der Waals surface area contributed by atoms with Crippen molar-refractivity contribution in [3.8, 4) is 0 Å². The van der Waals surface area contributed by atoms with Gasteiger partial charge in [0.05, 0.1) is 33.0 Å². The topological polar surface area (TPSA) is 454 Å². The van der Waals surface area contributed by atoms with Crippen molar-refractivity contribution in [2.45, 2.75) is 174 Å². The Labute approximate surface area is 369 Å². The molecule has 0 aliphatic carbocycles. The van der Waals surface area contributed by atoms with Crippen molar-refractivity contribution in [1.82, 2.24) is 16.0 Å². The van der Waals surface area contributed by atoms with Gasteiger partial charge in [-0.3, -0.25) is 14.4 Å². The molecule has 3 amide bonds. The predicted octanol–water partition coefficient (Wildman–Crippen LogP) is -11.5. The first kappa shape index (κ1) is 53.4. The van der Waals surface area contributed by atoms with Gasteiger partial charge in [0.2, 0.25) is 17.7 Å². The van der Waals surface area contributed by atoms with Gasteiger partial charge < -0.3 is 130 Å². The Kier molecular flexibility index (Phi) is 19.1. The van der Waals surface area contributed by atoms with Gasteiger partial charge in [0.25, 0.3) is 0 Å². The second-order valence-electron chi connectivity index (χ2n) is 16.2. The van der Waals surface area contributed by atoms with E-state index in [1.165, 1.54) is 0 Å². The van der Waals surface area contributed by atoms with E-state index in [4.69, 9.17) is 42.6 Å². The number of aliphatic hydroxyl groups excluding tert-OH is 14. The Balaban J connectivity index is 1.33. The standard InChI is InChI=1S/C36H61N3O26/c1-9(45)37-17-23(51)28(14(6-42)57-32(17)56)62-34-19(39-11(3)47)24(52)29(15(7-43)60-34)64-36-27(55)31(21(49)13(5-41)59-36)65-35-26(54)25(53)30(16(8-44)61-35)63-33-18(38-10(2)46)22(50)20(48)12(4-40)58-33/h12-36,40-44,48-56H,4-8H2,1-3H3,(H,37,45)(H,38,46)(H,39,47)/t12-,13-,14-,15-,16-,17-,18-,19-,20-,21-,22-,23-,24-,25-,26+,27+,28-,29-,30-,31+,32-,33+,34+,35-,36+/m1/s1. The van der Waals surface area contributed by atoms with Crippen LogP contribution in [0, 0.1) is 0 Å². The van der Waals surface area contributed by atoms with Crippen LogP contribution in [0.5, 0.6) is 0 Å². The molecule has 376 valence electrons. The fraction of sp³-hybridized carbons (Fsp3) is 0.917. The summed E-state index contributed by atoms with van der Waals surface area (Å²) in [6, 6.07) is -4.66. The molecule has 0 aromatic heterocycles. The summed E-state index contributed by atoms with van der Waals surface area (Å²) in [4.78, 5) is 36.1. The lowest BCUT2D eigenvalue weighted by molar-refractivity contribution is -0.386. The van der Waals surface area contributed by atoms with Crippen LogP contribution in [0.15, 0.2) is 0 Å². The van der Waals surface area contributed by atoms with Crippen molar-refractivity contribution in [3.05, 3.63) is 0 Å². The quantitative estimate of drug-likeness (QED) is 0.0683. The molecule has 0 aromatic rings. The molecule has 0 saturated carbocycles. The Morgan fingerprint density at radius 3 is 1.20 bits per heavy atom. The summed E-state index contributed by atoms with van der Waals surface area (Å²) in [5.41, 5.74) is 0. The molecule has 0 spiro atoms. The van der Waals surface area contributed by atoms with Crippen LogP contribution in [0.4, 0.5) is 0 Å². The van der Waals surface area contributed by atoms with E-state index in [2.05, 4.69) is 16.0 Å². The van der Waals surface area contributed by atoms with E-state index in [0.29, 0.717) is 0 Å². The number of hydrogen-bond acceptors (Lipinski definition) is 26. The highest BCUT2D eigenvalue weighted by Gasteiger charge is 2.57. The van der Waals surface area contributed by atoms with Crippen LogP contribution in [-0.2, 0) is 57.0 Å². The summed E-state index contributed by atoms with van der Waals surface area (Å²) in [6.07, 6.45) is -39.9. The summed E-state index contributed by atoms with van der Waals surface area (Å²) in [5, 5.41) is 157. The van der Waals surface area contributed by atoms with Crippen molar-refractivity contribution in [3.63, 3.8) is 0 Å². The number of nitrogens with one attached hydrogen (secondary N) is 3. The highest BCUT2D eigenvalue weighted by molar-refractivity contribution is 5.74.